The summed E-state index contributed by atoms with van der Waals surface area (Å²) in [5, 5.41) is 2.55. The molecule has 5 aliphatic rings. The minimum absolute atomic E-state index is 0.00971. The molecule has 0 spiro atoms. The van der Waals surface area contributed by atoms with Crippen LogP contribution in [0.5, 0.6) is 0 Å². The van der Waals surface area contributed by atoms with Crippen molar-refractivity contribution in [3.63, 3.8) is 0 Å². The first-order valence-corrected chi connectivity index (χ1v) is 13.0. The predicted octanol–water partition coefficient (Wildman–Crippen LogP) is 5.59. The molecule has 1 aliphatic heterocycles. The highest BCUT2D eigenvalue weighted by Gasteiger charge is 2.68. The summed E-state index contributed by atoms with van der Waals surface area (Å²) in [6, 6.07) is 8.61. The number of carbonyl (C=O) groups is 4. The Kier molecular flexibility index (Phi) is 5.72. The van der Waals surface area contributed by atoms with Gasteiger partial charge in [0.1, 0.15) is 6.54 Å². The smallest absolute Gasteiger partial charge is 0.274 e. The van der Waals surface area contributed by atoms with Crippen LogP contribution >= 0.6 is 46.4 Å². The van der Waals surface area contributed by atoms with Gasteiger partial charge in [-0.2, -0.15) is 5.01 Å². The number of allylic oxidation sites excluding steroid dienone is 2. The summed E-state index contributed by atoms with van der Waals surface area (Å²) in [5.41, 5.74) is 0.121. The van der Waals surface area contributed by atoms with Crippen LogP contribution < -0.4 is 0 Å². The number of imide groups is 1. The van der Waals surface area contributed by atoms with E-state index in [4.69, 9.17) is 46.4 Å². The van der Waals surface area contributed by atoms with Crippen LogP contribution in [-0.4, -0.2) is 40.1 Å². The van der Waals surface area contributed by atoms with E-state index in [0.717, 1.165) is 16.4 Å². The number of hydrogen-bond donors (Lipinski definition) is 0. The monoisotopic (exact) mass is 562 g/mol. The second-order valence-electron chi connectivity index (χ2n) is 9.68. The van der Waals surface area contributed by atoms with Crippen LogP contribution in [0.1, 0.15) is 27.1 Å². The first-order chi connectivity index (χ1) is 17.2. The number of amides is 3. The highest BCUT2D eigenvalue weighted by molar-refractivity contribution is 6.37. The molecule has 6 nitrogen and oxygen atoms in total. The summed E-state index contributed by atoms with van der Waals surface area (Å²) in [7, 11) is 0. The minimum Gasteiger partial charge on any atom is -0.292 e. The van der Waals surface area contributed by atoms with Gasteiger partial charge in [-0.3, -0.25) is 19.2 Å². The number of hydrazine groups is 1. The van der Waals surface area contributed by atoms with E-state index >= 15 is 0 Å². The van der Waals surface area contributed by atoms with Gasteiger partial charge in [-0.25, -0.2) is 5.01 Å². The quantitative estimate of drug-likeness (QED) is 0.270. The lowest BCUT2D eigenvalue weighted by Crippen LogP contribution is -2.52. The fourth-order valence-corrected chi connectivity index (χ4v) is 7.15. The molecule has 0 N–H and O–H groups in total. The second-order valence-corrected chi connectivity index (χ2v) is 11.4. The Balaban J connectivity index is 1.39. The van der Waals surface area contributed by atoms with Crippen molar-refractivity contribution in [2.24, 2.45) is 35.5 Å². The van der Waals surface area contributed by atoms with E-state index < -0.39 is 41.9 Å². The van der Waals surface area contributed by atoms with E-state index in [2.05, 4.69) is 0 Å². The van der Waals surface area contributed by atoms with Gasteiger partial charge in [0, 0.05) is 15.6 Å². The molecule has 2 bridgehead atoms. The summed E-state index contributed by atoms with van der Waals surface area (Å²) >= 11 is 24.5. The molecule has 7 rings (SSSR count). The molecule has 36 heavy (non-hydrogen) atoms. The van der Waals surface area contributed by atoms with E-state index in [0.29, 0.717) is 21.9 Å². The third-order valence-electron chi connectivity index (χ3n) is 7.80. The Morgan fingerprint density at radius 1 is 0.806 bits per heavy atom. The van der Waals surface area contributed by atoms with Crippen LogP contribution in [0.4, 0.5) is 0 Å². The van der Waals surface area contributed by atoms with Gasteiger partial charge < -0.3 is 0 Å². The lowest BCUT2D eigenvalue weighted by Gasteiger charge is -2.37. The van der Waals surface area contributed by atoms with Gasteiger partial charge in [-0.1, -0.05) is 58.6 Å². The van der Waals surface area contributed by atoms with E-state index in [1.54, 1.807) is 0 Å². The molecule has 2 aromatic rings. The minimum atomic E-state index is -0.763. The van der Waals surface area contributed by atoms with Crippen molar-refractivity contribution < 1.29 is 19.2 Å². The van der Waals surface area contributed by atoms with E-state index in [1.807, 2.05) is 12.2 Å². The van der Waals surface area contributed by atoms with Crippen molar-refractivity contribution >= 4 is 69.9 Å². The van der Waals surface area contributed by atoms with Crippen LogP contribution in [-0.2, 0) is 9.59 Å². The van der Waals surface area contributed by atoms with Crippen LogP contribution in [0, 0.1) is 35.5 Å². The standard InChI is InChI=1S/C26H18Cl4N2O4/c27-11-1-3-15(19(29)7-11)21(33)10-31(24(34)16-4-2-12(28)8-20(16)30)32-25(35)22-13-5-6-14(18-9-17(13)18)23(22)26(32)36/h1-8,13-14,17-18,22-23H,9-10H2/t13-,14-,17-,18+,22-,23+/m0/s1. The molecule has 4 aliphatic carbocycles. The molecule has 0 unspecified atom stereocenters. The summed E-state index contributed by atoms with van der Waals surface area (Å²) in [6.07, 6.45) is 5.08. The zero-order valence-corrected chi connectivity index (χ0v) is 21.6. The van der Waals surface area contributed by atoms with Gasteiger partial charge in [0.15, 0.2) is 5.78 Å². The molecular formula is C26H18Cl4N2O4. The lowest BCUT2D eigenvalue weighted by atomic mass is 9.63. The summed E-state index contributed by atoms with van der Waals surface area (Å²) in [5.74, 6) is -2.64. The second kappa shape index (κ2) is 8.59. The fourth-order valence-electron chi connectivity index (χ4n) is 6.15. The normalized spacial score (nSPS) is 29.3. The van der Waals surface area contributed by atoms with Crippen molar-refractivity contribution in [3.8, 4) is 0 Å². The maximum Gasteiger partial charge on any atom is 0.274 e. The van der Waals surface area contributed by atoms with Gasteiger partial charge in [-0.15, -0.1) is 0 Å². The number of benzene rings is 2. The van der Waals surface area contributed by atoms with Gasteiger partial charge in [0.2, 0.25) is 0 Å². The highest BCUT2D eigenvalue weighted by Crippen LogP contribution is 2.65. The van der Waals surface area contributed by atoms with Crippen LogP contribution in [0.2, 0.25) is 20.1 Å². The highest BCUT2D eigenvalue weighted by atomic mass is 35.5. The van der Waals surface area contributed by atoms with Crippen LogP contribution in [0.3, 0.4) is 0 Å². The molecule has 0 aromatic heterocycles. The maximum atomic E-state index is 13.7. The van der Waals surface area contributed by atoms with Gasteiger partial charge in [0.05, 0.1) is 27.4 Å². The van der Waals surface area contributed by atoms with E-state index in [9.17, 15) is 19.2 Å². The Bertz CT molecular complexity index is 1360. The molecule has 6 atom stereocenters. The fraction of sp³-hybridized carbons (Fsp3) is 0.308. The van der Waals surface area contributed by atoms with E-state index in [-0.39, 0.29) is 33.0 Å². The average molecular weight is 564 g/mol. The van der Waals surface area contributed by atoms with Crippen molar-refractivity contribution in [1.29, 1.82) is 0 Å². The number of ketones is 1. The molecule has 1 saturated heterocycles. The molecule has 2 saturated carbocycles. The number of carbonyl (C=O) groups excluding carboxylic acids is 4. The zero-order chi connectivity index (χ0) is 25.5. The van der Waals surface area contributed by atoms with Crippen molar-refractivity contribution in [2.45, 2.75) is 6.42 Å². The topological polar surface area (TPSA) is 74.8 Å². The molecule has 3 fully saturated rings. The Hall–Kier alpha value is -2.38. The Labute approximate surface area is 226 Å². The first-order valence-electron chi connectivity index (χ1n) is 11.5. The SMILES string of the molecule is O=C(CN(C(=O)c1ccc(Cl)cc1Cl)N1C(=O)[C@@H]2[C@H]3C=C[C@@H]([C@@H]4C[C@H]34)[C@@H]2C1=O)c1ccc(Cl)cc1Cl. The summed E-state index contributed by atoms with van der Waals surface area (Å²) in [4.78, 5) is 54.5. The molecule has 10 heteroatoms. The zero-order valence-electron chi connectivity index (χ0n) is 18.5. The van der Waals surface area contributed by atoms with Crippen LogP contribution in [0.15, 0.2) is 48.6 Å². The Morgan fingerprint density at radius 3 is 1.81 bits per heavy atom. The number of hydrogen-bond acceptors (Lipinski definition) is 4. The van der Waals surface area contributed by atoms with Gasteiger partial charge >= 0.3 is 0 Å². The van der Waals surface area contributed by atoms with Crippen molar-refractivity contribution in [3.05, 3.63) is 79.8 Å². The van der Waals surface area contributed by atoms with E-state index in [1.165, 1.54) is 36.4 Å². The Morgan fingerprint density at radius 2 is 1.31 bits per heavy atom. The lowest BCUT2D eigenvalue weighted by molar-refractivity contribution is -0.154. The maximum absolute atomic E-state index is 13.7. The van der Waals surface area contributed by atoms with Gasteiger partial charge in [0.25, 0.3) is 17.7 Å². The molecular weight excluding hydrogens is 546 g/mol. The molecule has 3 amide bonds. The number of Topliss-reactive ketones (excluding diaryl/α,β-unsaturated/α-hetero) is 1. The molecule has 0 radical (unpaired) electrons. The van der Waals surface area contributed by atoms with Crippen molar-refractivity contribution in [2.75, 3.05) is 6.54 Å². The first kappa shape index (κ1) is 24.0. The molecule has 184 valence electrons. The summed E-state index contributed by atoms with van der Waals surface area (Å²) in [6.45, 7) is -0.592. The molecule has 1 heterocycles. The average Bonchev–Trinajstić information content (AvgIpc) is 3.61. The molecule has 2 aromatic carbocycles. The largest absolute Gasteiger partial charge is 0.292 e. The number of nitrogens with zero attached hydrogens (tertiary/aromatic N) is 2. The number of rotatable bonds is 5. The van der Waals surface area contributed by atoms with Gasteiger partial charge in [-0.05, 0) is 66.5 Å². The predicted molar refractivity (Wildman–Crippen MR) is 135 cm³/mol. The van der Waals surface area contributed by atoms with Crippen LogP contribution in [0.25, 0.3) is 0 Å². The third-order valence-corrected chi connectivity index (χ3v) is 8.90. The third kappa shape index (κ3) is 3.61. The summed E-state index contributed by atoms with van der Waals surface area (Å²) < 4.78 is 0. The van der Waals surface area contributed by atoms with Crippen molar-refractivity contribution in [1.82, 2.24) is 10.0 Å². The number of halogens is 4.